The highest BCUT2D eigenvalue weighted by Gasteiger charge is 2.62. The number of hydrogen-bond acceptors (Lipinski definition) is 11. The highest BCUT2D eigenvalue weighted by molar-refractivity contribution is 7.91. The number of amides is 4. The number of pyridine rings is 1. The molecule has 0 bridgehead atoms. The van der Waals surface area contributed by atoms with Crippen LogP contribution in [0.1, 0.15) is 57.8 Å². The first-order valence-corrected chi connectivity index (χ1v) is 21.0. The molecule has 0 unspecified atom stereocenters. The van der Waals surface area contributed by atoms with Crippen LogP contribution in [0.15, 0.2) is 65.1 Å². The van der Waals surface area contributed by atoms with Crippen molar-refractivity contribution in [2.75, 3.05) is 20.8 Å². The van der Waals surface area contributed by atoms with E-state index in [-0.39, 0.29) is 48.4 Å². The highest BCUT2D eigenvalue weighted by atomic mass is 32.2. The number of alkyl carbamates (subject to hydrolysis) is 1. The van der Waals surface area contributed by atoms with Crippen molar-refractivity contribution >= 4 is 55.9 Å². The van der Waals surface area contributed by atoms with Gasteiger partial charge in [0.1, 0.15) is 46.4 Å². The maximum atomic E-state index is 15.2. The average molecular weight is 818 g/mol. The van der Waals surface area contributed by atoms with Gasteiger partial charge < -0.3 is 34.2 Å². The molecule has 2 aromatic carbocycles. The molecular formula is C41H44FN5O10S. The Hall–Kier alpha value is -5.71. The summed E-state index contributed by atoms with van der Waals surface area (Å²) >= 11 is 0. The van der Waals surface area contributed by atoms with E-state index in [0.29, 0.717) is 47.9 Å². The third-order valence-corrected chi connectivity index (χ3v) is 13.2. The standard InChI is InChI=1S/C41H44FN5O10S/c1-54-24-14-17-33-28(18-24)35-36(57-33)34(20-31(43-35)27-11-8-9-12-29(27)42)56-25-19-32-37(48)45-41(39(50)46-58(52,53)26-15-16-26)21-23(41)10-6-4-3-5-7-13-30(44-40(51)55-2)38(49)47(32)22-25/h6,8-12,14,17-18,20,23,25-26,30,32H,3-5,7,13,15-16,19,21-22H2,1-2H3,(H,44,51)(H,45,48)(H,46,50)/b10-6-/t23-,25-,30+,32+,41-/m1/s1. The van der Waals surface area contributed by atoms with Crippen LogP contribution in [0.2, 0.25) is 0 Å². The van der Waals surface area contributed by atoms with Gasteiger partial charge in [0, 0.05) is 24.0 Å². The molecule has 0 spiro atoms. The van der Waals surface area contributed by atoms with Gasteiger partial charge in [0.2, 0.25) is 21.8 Å². The Balaban J connectivity index is 1.16. The van der Waals surface area contributed by atoms with Crippen LogP contribution in [0.3, 0.4) is 0 Å². The minimum Gasteiger partial charge on any atom is -0.497 e. The monoisotopic (exact) mass is 817 g/mol. The van der Waals surface area contributed by atoms with Gasteiger partial charge in [-0.15, -0.1) is 0 Å². The van der Waals surface area contributed by atoms with E-state index in [9.17, 15) is 27.6 Å². The van der Waals surface area contributed by atoms with Crippen LogP contribution in [-0.2, 0) is 29.1 Å². The Morgan fingerprint density at radius 2 is 1.86 bits per heavy atom. The number of aromatic nitrogens is 1. The van der Waals surface area contributed by atoms with E-state index in [0.717, 1.165) is 12.8 Å². The number of methoxy groups -OCH3 is 2. The fourth-order valence-electron chi connectivity index (χ4n) is 7.93. The summed E-state index contributed by atoms with van der Waals surface area (Å²) in [7, 11) is -1.22. The SMILES string of the molecule is COC(=O)N[C@H]1CCCCC/C=C\[C@@H]2C[C@@]2(C(=O)NS(=O)(=O)C2CC2)NC(=O)[C@@H]2C[C@@H](Oc3cc(-c4ccccc4F)nc4c3oc3ccc(OC)cc34)CN2C1=O. The van der Waals surface area contributed by atoms with E-state index in [1.807, 2.05) is 12.2 Å². The van der Waals surface area contributed by atoms with Crippen LogP contribution in [0.25, 0.3) is 33.3 Å². The number of nitrogens with one attached hydrogen (secondary N) is 3. The van der Waals surface area contributed by atoms with Crippen LogP contribution < -0.4 is 24.8 Å². The van der Waals surface area contributed by atoms with Gasteiger partial charge in [-0.25, -0.2) is 22.6 Å². The third-order valence-electron chi connectivity index (χ3n) is 11.4. The first-order chi connectivity index (χ1) is 27.9. The van der Waals surface area contributed by atoms with E-state index in [1.54, 1.807) is 42.5 Å². The molecule has 3 N–H and O–H groups in total. The Labute approximate surface area is 333 Å². The molecule has 15 nitrogen and oxygen atoms in total. The molecule has 0 radical (unpaired) electrons. The number of carbonyl (C=O) groups is 4. The molecule has 2 aromatic heterocycles. The summed E-state index contributed by atoms with van der Waals surface area (Å²) in [6, 6.07) is 10.6. The first kappa shape index (κ1) is 39.1. The molecule has 4 heterocycles. The number of benzene rings is 2. The number of sulfonamides is 1. The topological polar surface area (TPSA) is 195 Å². The Kier molecular flexibility index (Phi) is 10.5. The van der Waals surface area contributed by atoms with E-state index in [4.69, 9.17) is 23.6 Å². The van der Waals surface area contributed by atoms with Crippen molar-refractivity contribution in [2.45, 2.75) is 86.8 Å². The molecule has 4 aromatic rings. The van der Waals surface area contributed by atoms with Crippen molar-refractivity contribution in [1.29, 1.82) is 0 Å². The van der Waals surface area contributed by atoms with Crippen LogP contribution in [0, 0.1) is 11.7 Å². The van der Waals surface area contributed by atoms with Crippen molar-refractivity contribution < 1.29 is 50.6 Å². The summed E-state index contributed by atoms with van der Waals surface area (Å²) in [6.07, 6.45) is 6.07. The minimum absolute atomic E-state index is 0.0615. The number of halogens is 1. The van der Waals surface area contributed by atoms with Crippen molar-refractivity contribution in [3.8, 4) is 22.8 Å². The van der Waals surface area contributed by atoms with Crippen molar-refractivity contribution in [3.05, 3.63) is 66.5 Å². The highest BCUT2D eigenvalue weighted by Crippen LogP contribution is 2.46. The number of rotatable bonds is 8. The lowest BCUT2D eigenvalue weighted by Gasteiger charge is -2.29. The van der Waals surface area contributed by atoms with Gasteiger partial charge in [0.05, 0.1) is 37.1 Å². The molecule has 8 rings (SSSR count). The number of hydrogen-bond donors (Lipinski definition) is 3. The van der Waals surface area contributed by atoms with Crippen molar-refractivity contribution in [2.24, 2.45) is 5.92 Å². The van der Waals surface area contributed by atoms with E-state index >= 15 is 4.39 Å². The second kappa shape index (κ2) is 15.6. The number of carbonyl (C=O) groups excluding carboxylic acids is 4. The fraction of sp³-hybridized carbons (Fsp3) is 0.439. The maximum absolute atomic E-state index is 15.2. The summed E-state index contributed by atoms with van der Waals surface area (Å²) in [5, 5.41) is 5.40. The molecule has 2 saturated carbocycles. The molecule has 2 aliphatic heterocycles. The third kappa shape index (κ3) is 7.66. The molecule has 1 saturated heterocycles. The second-order valence-corrected chi connectivity index (χ2v) is 17.3. The lowest BCUT2D eigenvalue weighted by Crippen LogP contribution is -2.58. The molecule has 3 fully saturated rings. The first-order valence-electron chi connectivity index (χ1n) is 19.4. The molecule has 2 aliphatic carbocycles. The van der Waals surface area contributed by atoms with Crippen molar-refractivity contribution in [3.63, 3.8) is 0 Å². The fourth-order valence-corrected chi connectivity index (χ4v) is 9.30. The summed E-state index contributed by atoms with van der Waals surface area (Å²) in [5.74, 6) is -2.35. The number of allylic oxidation sites excluding steroid dienone is 1. The maximum Gasteiger partial charge on any atom is 0.407 e. The minimum atomic E-state index is -3.94. The lowest BCUT2D eigenvalue weighted by molar-refractivity contribution is -0.141. The molecule has 5 atom stereocenters. The van der Waals surface area contributed by atoms with Crippen LogP contribution in [-0.4, -0.2) is 91.9 Å². The van der Waals surface area contributed by atoms with Gasteiger partial charge >= 0.3 is 6.09 Å². The van der Waals surface area contributed by atoms with Crippen LogP contribution >= 0.6 is 0 Å². The van der Waals surface area contributed by atoms with Crippen LogP contribution in [0.4, 0.5) is 9.18 Å². The number of furan rings is 1. The smallest absolute Gasteiger partial charge is 0.407 e. The number of fused-ring (bicyclic) bond motifs is 5. The summed E-state index contributed by atoms with van der Waals surface area (Å²) in [4.78, 5) is 61.3. The van der Waals surface area contributed by atoms with E-state index in [2.05, 4.69) is 15.4 Å². The zero-order valence-corrected chi connectivity index (χ0v) is 32.8. The zero-order valence-electron chi connectivity index (χ0n) is 32.0. The molecule has 17 heteroatoms. The van der Waals surface area contributed by atoms with Gasteiger partial charge in [-0.1, -0.05) is 37.1 Å². The number of ether oxygens (including phenoxy) is 3. The normalized spacial score (nSPS) is 25.7. The second-order valence-electron chi connectivity index (χ2n) is 15.3. The molecule has 4 amide bonds. The molecule has 58 heavy (non-hydrogen) atoms. The lowest BCUT2D eigenvalue weighted by atomic mass is 10.1. The van der Waals surface area contributed by atoms with Gasteiger partial charge in [0.25, 0.3) is 5.91 Å². The Morgan fingerprint density at radius 3 is 2.62 bits per heavy atom. The predicted octanol–water partition coefficient (Wildman–Crippen LogP) is 4.87. The molecular weight excluding hydrogens is 774 g/mol. The van der Waals surface area contributed by atoms with Gasteiger partial charge in [-0.2, -0.15) is 0 Å². The Bertz CT molecular complexity index is 2430. The van der Waals surface area contributed by atoms with Crippen LogP contribution in [0.5, 0.6) is 11.5 Å². The van der Waals surface area contributed by atoms with Gasteiger partial charge in [0.15, 0.2) is 11.3 Å². The largest absolute Gasteiger partial charge is 0.497 e. The van der Waals surface area contributed by atoms with Crippen molar-refractivity contribution in [1.82, 2.24) is 25.2 Å². The molecule has 306 valence electrons. The predicted molar refractivity (Wildman–Crippen MR) is 209 cm³/mol. The quantitative estimate of drug-likeness (QED) is 0.205. The Morgan fingerprint density at radius 1 is 1.05 bits per heavy atom. The zero-order chi connectivity index (χ0) is 40.8. The van der Waals surface area contributed by atoms with E-state index in [1.165, 1.54) is 25.2 Å². The van der Waals surface area contributed by atoms with Gasteiger partial charge in [-0.3, -0.25) is 19.1 Å². The summed E-state index contributed by atoms with van der Waals surface area (Å²) in [5.41, 5.74) is -0.0304. The van der Waals surface area contributed by atoms with E-state index < -0.39 is 74.5 Å². The van der Waals surface area contributed by atoms with Gasteiger partial charge in [-0.05, 0) is 68.9 Å². The summed E-state index contributed by atoms with van der Waals surface area (Å²) in [6.45, 7) is -0.123. The molecule has 4 aliphatic rings. The summed E-state index contributed by atoms with van der Waals surface area (Å²) < 4.78 is 66.3. The average Bonchev–Trinajstić information content (AvgIpc) is 4.11. The number of nitrogens with zero attached hydrogens (tertiary/aromatic N) is 2.